The maximum atomic E-state index is 4.93. The average molecular weight is 183 g/mol. The van der Waals surface area contributed by atoms with E-state index in [4.69, 9.17) is 3.02 Å². The minimum absolute atomic E-state index is 0.981. The average Bonchev–Trinajstić information content (AvgIpc) is 1.38. The van der Waals surface area contributed by atoms with Crippen LogP contribution in [-0.2, 0) is 3.02 Å². The van der Waals surface area contributed by atoms with Crippen LogP contribution in [0.4, 0.5) is 0 Å². The van der Waals surface area contributed by atoms with Gasteiger partial charge in [0.15, 0.2) is 0 Å². The summed E-state index contributed by atoms with van der Waals surface area (Å²) in [5, 5.41) is 0. The van der Waals surface area contributed by atoms with Crippen molar-refractivity contribution in [2.24, 2.45) is 0 Å². The first-order valence-corrected chi connectivity index (χ1v) is 7.63. The van der Waals surface area contributed by atoms with Crippen LogP contribution in [0.3, 0.4) is 0 Å². The molecule has 0 aliphatic carbocycles. The Morgan fingerprint density at radius 1 is 1.40 bits per heavy atom. The molecule has 0 spiro atoms. The standard InChI is InChI=1S/CH3O.2CH3.Sb/c1-2;;;/h1H3;2*1H3;/q-1;;;+1. The van der Waals surface area contributed by atoms with Crippen molar-refractivity contribution >= 4 is 20.6 Å². The first-order valence-electron chi connectivity index (χ1n) is 1.49. The van der Waals surface area contributed by atoms with Crippen LogP contribution in [0.5, 0.6) is 0 Å². The van der Waals surface area contributed by atoms with Crippen molar-refractivity contribution in [1.29, 1.82) is 0 Å². The van der Waals surface area contributed by atoms with Gasteiger partial charge in [0.25, 0.3) is 0 Å². The predicted molar refractivity (Wildman–Crippen MR) is 24.5 cm³/mol. The molecule has 0 aliphatic heterocycles. The van der Waals surface area contributed by atoms with E-state index in [-0.39, 0.29) is 0 Å². The summed E-state index contributed by atoms with van der Waals surface area (Å²) in [7, 11) is 1.78. The zero-order chi connectivity index (χ0) is 4.28. The summed E-state index contributed by atoms with van der Waals surface area (Å²) >= 11 is -0.981. The van der Waals surface area contributed by atoms with Crippen LogP contribution in [0, 0.1) is 0 Å². The molecule has 0 radical (unpaired) electrons. The van der Waals surface area contributed by atoms with Gasteiger partial charge in [0.05, 0.1) is 0 Å². The van der Waals surface area contributed by atoms with Crippen LogP contribution in [0.15, 0.2) is 0 Å². The molecule has 0 N–H and O–H groups in total. The monoisotopic (exact) mass is 182 g/mol. The van der Waals surface area contributed by atoms with E-state index >= 15 is 0 Å². The Morgan fingerprint density at radius 2 is 1.60 bits per heavy atom. The molecule has 0 saturated heterocycles. The third kappa shape index (κ3) is 4.78. The van der Waals surface area contributed by atoms with Crippen LogP contribution in [0.25, 0.3) is 0 Å². The molecule has 0 saturated carbocycles. The second-order valence-corrected chi connectivity index (χ2v) is 6.67. The van der Waals surface area contributed by atoms with Gasteiger partial charge in [-0.3, -0.25) is 0 Å². The second kappa shape index (κ2) is 2.99. The van der Waals surface area contributed by atoms with Crippen LogP contribution in [0.1, 0.15) is 0 Å². The molecule has 2 heteroatoms. The number of hydrogen-bond acceptors (Lipinski definition) is 1. The van der Waals surface area contributed by atoms with Crippen molar-refractivity contribution in [1.82, 2.24) is 0 Å². The molecular formula is C3H9OSb. The zero-order valence-corrected chi connectivity index (χ0v) is 6.41. The zero-order valence-electron chi connectivity index (χ0n) is 3.86. The summed E-state index contributed by atoms with van der Waals surface area (Å²) in [4.78, 5) is 4.37. The third-order valence-electron chi connectivity index (χ3n) is 0.365. The normalized spacial score (nSPS) is 9.60. The van der Waals surface area contributed by atoms with Gasteiger partial charge in [-0.1, -0.05) is 0 Å². The van der Waals surface area contributed by atoms with E-state index in [1.54, 1.807) is 7.11 Å². The molecule has 0 aromatic heterocycles. The van der Waals surface area contributed by atoms with Gasteiger partial charge >= 0.3 is 40.5 Å². The van der Waals surface area contributed by atoms with Crippen LogP contribution in [-0.4, -0.2) is 27.7 Å². The molecule has 0 amide bonds. The Bertz CT molecular complexity index is 20.9. The Morgan fingerprint density at radius 3 is 1.60 bits per heavy atom. The predicted octanol–water partition coefficient (Wildman–Crippen LogP) is 0.884. The van der Waals surface area contributed by atoms with Crippen molar-refractivity contribution < 1.29 is 3.02 Å². The fourth-order valence-electron chi connectivity index (χ4n) is 0. The van der Waals surface area contributed by atoms with Gasteiger partial charge < -0.3 is 0 Å². The molecule has 5 heavy (non-hydrogen) atoms. The molecule has 0 heterocycles. The van der Waals surface area contributed by atoms with Gasteiger partial charge in [-0.25, -0.2) is 0 Å². The van der Waals surface area contributed by atoms with Gasteiger partial charge in [0.1, 0.15) is 0 Å². The molecular weight excluding hydrogens is 174 g/mol. The summed E-state index contributed by atoms with van der Waals surface area (Å²) in [6, 6.07) is 0. The Kier molecular flexibility index (Phi) is 3.45. The summed E-state index contributed by atoms with van der Waals surface area (Å²) in [6.07, 6.45) is 0. The summed E-state index contributed by atoms with van der Waals surface area (Å²) in [6.45, 7) is 0. The molecule has 32 valence electrons. The van der Waals surface area contributed by atoms with Gasteiger partial charge in [-0.2, -0.15) is 0 Å². The summed E-state index contributed by atoms with van der Waals surface area (Å²) in [5.74, 6) is 0. The summed E-state index contributed by atoms with van der Waals surface area (Å²) in [5.41, 5.74) is 0. The SMILES string of the molecule is C[O][Sb]([CH3])[CH3]. The van der Waals surface area contributed by atoms with Crippen molar-refractivity contribution in [3.8, 4) is 0 Å². The van der Waals surface area contributed by atoms with Crippen molar-refractivity contribution in [3.63, 3.8) is 0 Å². The Hall–Kier alpha value is 0.778. The van der Waals surface area contributed by atoms with Crippen molar-refractivity contribution in [2.45, 2.75) is 9.74 Å². The number of hydrogen-bond donors (Lipinski definition) is 0. The van der Waals surface area contributed by atoms with E-state index in [1.165, 1.54) is 0 Å². The fourth-order valence-corrected chi connectivity index (χ4v) is 0. The molecule has 0 aromatic rings. The second-order valence-electron chi connectivity index (χ2n) is 0.995. The van der Waals surface area contributed by atoms with Gasteiger partial charge in [0.2, 0.25) is 0 Å². The van der Waals surface area contributed by atoms with Gasteiger partial charge in [-0.05, 0) is 0 Å². The van der Waals surface area contributed by atoms with E-state index in [9.17, 15) is 0 Å². The van der Waals surface area contributed by atoms with Gasteiger partial charge in [0, 0.05) is 0 Å². The fraction of sp³-hybridized carbons (Fsp3) is 1.00. The van der Waals surface area contributed by atoms with Crippen LogP contribution >= 0.6 is 0 Å². The van der Waals surface area contributed by atoms with E-state index in [0.29, 0.717) is 0 Å². The molecule has 0 rings (SSSR count). The van der Waals surface area contributed by atoms with Crippen molar-refractivity contribution in [3.05, 3.63) is 0 Å². The first-order chi connectivity index (χ1) is 2.27. The third-order valence-corrected chi connectivity index (χ3v) is 2.45. The van der Waals surface area contributed by atoms with E-state index in [2.05, 4.69) is 9.74 Å². The van der Waals surface area contributed by atoms with E-state index in [0.717, 1.165) is 0 Å². The molecule has 0 aliphatic rings. The first kappa shape index (κ1) is 5.78. The molecule has 0 atom stereocenters. The summed E-state index contributed by atoms with van der Waals surface area (Å²) < 4.78 is 4.93. The molecule has 0 aromatic carbocycles. The van der Waals surface area contributed by atoms with E-state index < -0.39 is 20.6 Å². The molecule has 1 nitrogen and oxygen atoms in total. The van der Waals surface area contributed by atoms with Crippen LogP contribution < -0.4 is 0 Å². The molecule has 0 unspecified atom stereocenters. The van der Waals surface area contributed by atoms with E-state index in [1.807, 2.05) is 0 Å². The Labute approximate surface area is 40.8 Å². The van der Waals surface area contributed by atoms with Crippen molar-refractivity contribution in [2.75, 3.05) is 7.11 Å². The molecule has 0 bridgehead atoms. The van der Waals surface area contributed by atoms with Crippen LogP contribution in [0.2, 0.25) is 9.74 Å². The topological polar surface area (TPSA) is 9.23 Å². The maximum absolute atomic E-state index is 4.93. The van der Waals surface area contributed by atoms with Gasteiger partial charge in [-0.15, -0.1) is 0 Å². The quantitative estimate of drug-likeness (QED) is 0.548. The Balaban J connectivity index is 2.54. The minimum atomic E-state index is -0.981. The molecule has 0 fully saturated rings. The number of rotatable bonds is 1.